The minimum Gasteiger partial charge on any atom is -0.465 e. The molecule has 2 heterocycles. The number of methoxy groups -OCH3 is 1. The Morgan fingerprint density at radius 1 is 0.767 bits per heavy atom. The van der Waals surface area contributed by atoms with E-state index in [4.69, 9.17) is 9.47 Å². The van der Waals surface area contributed by atoms with Crippen molar-refractivity contribution in [1.82, 2.24) is 0 Å². The zero-order valence-corrected chi connectivity index (χ0v) is 24.5. The fraction of sp³-hybridized carbons (Fsp3) is 0.278. The number of halogens is 1. The van der Waals surface area contributed by atoms with Crippen molar-refractivity contribution in [2.75, 3.05) is 30.8 Å². The molecule has 4 aromatic carbocycles. The summed E-state index contributed by atoms with van der Waals surface area (Å²) in [5, 5.41) is 6.86. The molecule has 2 aliphatic rings. The minimum atomic E-state index is -0.559. The summed E-state index contributed by atoms with van der Waals surface area (Å²) in [5.41, 5.74) is 10.2. The number of hydrogen-bond acceptors (Lipinski definition) is 6. The van der Waals surface area contributed by atoms with Gasteiger partial charge in [0.2, 0.25) is 0 Å². The monoisotopic (exact) mass is 578 g/mol. The van der Waals surface area contributed by atoms with Gasteiger partial charge in [-0.3, -0.25) is 0 Å². The van der Waals surface area contributed by atoms with Crippen molar-refractivity contribution >= 4 is 23.3 Å². The van der Waals surface area contributed by atoms with Crippen LogP contribution in [-0.2, 0) is 43.3 Å². The number of anilines is 2. The zero-order chi connectivity index (χ0) is 29.9. The van der Waals surface area contributed by atoms with E-state index in [0.29, 0.717) is 18.4 Å². The SMILES string of the molecule is COC(=O)c1ccc(CCc2cccc3c2NCC3)c(C)c1OC(=O)c1ccc(CCc2cc(F)cc3c2NCC3)cc1. The average Bonchev–Trinajstić information content (AvgIpc) is 3.70. The van der Waals surface area contributed by atoms with E-state index in [1.807, 2.05) is 25.1 Å². The van der Waals surface area contributed by atoms with Crippen LogP contribution in [-0.4, -0.2) is 32.1 Å². The number of carbonyl (C=O) groups is 2. The van der Waals surface area contributed by atoms with E-state index in [2.05, 4.69) is 28.8 Å². The number of carbonyl (C=O) groups excluding carboxylic acids is 2. The van der Waals surface area contributed by atoms with Crippen molar-refractivity contribution in [2.24, 2.45) is 0 Å². The number of esters is 2. The predicted molar refractivity (Wildman–Crippen MR) is 166 cm³/mol. The van der Waals surface area contributed by atoms with Crippen LogP contribution in [0.1, 0.15) is 59.7 Å². The number of para-hydroxylation sites is 1. The molecule has 0 saturated carbocycles. The highest BCUT2D eigenvalue weighted by molar-refractivity contribution is 5.97. The quantitative estimate of drug-likeness (QED) is 0.171. The van der Waals surface area contributed by atoms with Gasteiger partial charge >= 0.3 is 11.9 Å². The van der Waals surface area contributed by atoms with E-state index >= 15 is 0 Å². The number of rotatable bonds is 9. The van der Waals surface area contributed by atoms with E-state index in [-0.39, 0.29) is 17.1 Å². The van der Waals surface area contributed by atoms with Gasteiger partial charge < -0.3 is 20.1 Å². The van der Waals surface area contributed by atoms with Crippen molar-refractivity contribution in [3.05, 3.63) is 123 Å². The molecule has 6 rings (SSSR count). The Hall–Kier alpha value is -4.65. The summed E-state index contributed by atoms with van der Waals surface area (Å²) in [6, 6.07) is 20.4. The Kier molecular flexibility index (Phi) is 8.14. The third-order valence-electron chi connectivity index (χ3n) is 8.55. The summed E-state index contributed by atoms with van der Waals surface area (Å²) in [7, 11) is 1.31. The first-order valence-electron chi connectivity index (χ1n) is 14.8. The Morgan fingerprint density at radius 2 is 1.47 bits per heavy atom. The van der Waals surface area contributed by atoms with Crippen LogP contribution in [0.25, 0.3) is 0 Å². The molecular formula is C36H35FN2O4. The van der Waals surface area contributed by atoms with Crippen LogP contribution in [0.2, 0.25) is 0 Å². The molecule has 220 valence electrons. The largest absolute Gasteiger partial charge is 0.465 e. The molecule has 6 nitrogen and oxygen atoms in total. The highest BCUT2D eigenvalue weighted by Gasteiger charge is 2.22. The van der Waals surface area contributed by atoms with Gasteiger partial charge in [0, 0.05) is 24.5 Å². The second kappa shape index (κ2) is 12.3. The molecule has 0 fully saturated rings. The molecule has 0 unspecified atom stereocenters. The van der Waals surface area contributed by atoms with Crippen LogP contribution in [0.5, 0.6) is 5.75 Å². The number of fused-ring (bicyclic) bond motifs is 2. The van der Waals surface area contributed by atoms with Crippen LogP contribution in [0.4, 0.5) is 15.8 Å². The maximum atomic E-state index is 14.1. The maximum absolute atomic E-state index is 14.1. The van der Waals surface area contributed by atoms with E-state index in [0.717, 1.165) is 72.3 Å². The third kappa shape index (κ3) is 5.98. The van der Waals surface area contributed by atoms with Crippen molar-refractivity contribution in [3.63, 3.8) is 0 Å². The van der Waals surface area contributed by atoms with E-state index in [9.17, 15) is 14.0 Å². The van der Waals surface area contributed by atoms with Gasteiger partial charge in [0.15, 0.2) is 0 Å². The number of benzene rings is 4. The van der Waals surface area contributed by atoms with Crippen LogP contribution < -0.4 is 15.4 Å². The van der Waals surface area contributed by atoms with E-state index in [1.54, 1.807) is 30.3 Å². The van der Waals surface area contributed by atoms with Gasteiger partial charge in [0.1, 0.15) is 17.1 Å². The molecule has 7 heteroatoms. The predicted octanol–water partition coefficient (Wildman–Crippen LogP) is 6.65. The molecule has 4 aromatic rings. The summed E-state index contributed by atoms with van der Waals surface area (Å²) in [6.07, 6.45) is 4.81. The lowest BCUT2D eigenvalue weighted by atomic mass is 9.96. The number of hydrogen-bond donors (Lipinski definition) is 2. The third-order valence-corrected chi connectivity index (χ3v) is 8.55. The highest BCUT2D eigenvalue weighted by atomic mass is 19.1. The molecule has 0 aromatic heterocycles. The molecule has 2 aliphatic heterocycles. The van der Waals surface area contributed by atoms with Crippen molar-refractivity contribution in [2.45, 2.75) is 45.4 Å². The topological polar surface area (TPSA) is 76.7 Å². The van der Waals surface area contributed by atoms with Gasteiger partial charge in [0.05, 0.1) is 12.7 Å². The molecule has 43 heavy (non-hydrogen) atoms. The van der Waals surface area contributed by atoms with Crippen molar-refractivity contribution < 1.29 is 23.5 Å². The van der Waals surface area contributed by atoms with Gasteiger partial charge in [-0.15, -0.1) is 0 Å². The van der Waals surface area contributed by atoms with Crippen molar-refractivity contribution in [3.8, 4) is 5.75 Å². The number of aryl methyl sites for hydroxylation is 4. The Balaban J connectivity index is 1.16. The van der Waals surface area contributed by atoms with Crippen LogP contribution in [0.15, 0.2) is 66.7 Å². The molecular weight excluding hydrogens is 543 g/mol. The molecule has 2 N–H and O–H groups in total. The van der Waals surface area contributed by atoms with Crippen LogP contribution >= 0.6 is 0 Å². The fourth-order valence-electron chi connectivity index (χ4n) is 6.20. The molecule has 0 radical (unpaired) electrons. The molecule has 0 amide bonds. The number of nitrogens with one attached hydrogen (secondary N) is 2. The van der Waals surface area contributed by atoms with E-state index in [1.165, 1.54) is 23.9 Å². The van der Waals surface area contributed by atoms with Gasteiger partial charge in [-0.05, 0) is 115 Å². The highest BCUT2D eigenvalue weighted by Crippen LogP contribution is 2.32. The van der Waals surface area contributed by atoms with Crippen LogP contribution in [0.3, 0.4) is 0 Å². The first kappa shape index (κ1) is 28.5. The maximum Gasteiger partial charge on any atom is 0.343 e. The summed E-state index contributed by atoms with van der Waals surface area (Å²) in [6.45, 7) is 3.65. The first-order chi connectivity index (χ1) is 20.9. The summed E-state index contributed by atoms with van der Waals surface area (Å²) in [4.78, 5) is 25.9. The molecule has 0 spiro atoms. The first-order valence-corrected chi connectivity index (χ1v) is 14.8. The lowest BCUT2D eigenvalue weighted by molar-refractivity contribution is 0.0592. The molecule has 0 bridgehead atoms. The van der Waals surface area contributed by atoms with Gasteiger partial charge in [-0.2, -0.15) is 0 Å². The van der Waals surface area contributed by atoms with Gasteiger partial charge in [0.25, 0.3) is 0 Å². The standard InChI is InChI=1S/C36H35FN2O4/c1-22-24(12-13-25-4-3-5-26-16-18-38-32(25)26)14-15-31(36(41)42-2)34(22)43-35(40)27-9-6-23(7-10-27)8-11-28-20-30(37)21-29-17-19-39-33(28)29/h3-7,9-10,14-15,20-21,38-39H,8,11-13,16-19H2,1-2H3. The van der Waals surface area contributed by atoms with Gasteiger partial charge in [-0.1, -0.05) is 36.4 Å². The van der Waals surface area contributed by atoms with E-state index < -0.39 is 11.9 Å². The Bertz CT molecular complexity index is 1700. The summed E-state index contributed by atoms with van der Waals surface area (Å²) < 4.78 is 25.0. The Labute approximate surface area is 251 Å². The average molecular weight is 579 g/mol. The number of ether oxygens (including phenoxy) is 2. The summed E-state index contributed by atoms with van der Waals surface area (Å²) in [5.74, 6) is -1.09. The summed E-state index contributed by atoms with van der Waals surface area (Å²) >= 11 is 0. The second-order valence-corrected chi connectivity index (χ2v) is 11.2. The Morgan fingerprint density at radius 3 is 2.23 bits per heavy atom. The molecule has 0 saturated heterocycles. The van der Waals surface area contributed by atoms with Crippen LogP contribution in [0, 0.1) is 12.7 Å². The minimum absolute atomic E-state index is 0.207. The normalized spacial score (nSPS) is 13.1. The lowest BCUT2D eigenvalue weighted by Crippen LogP contribution is -2.14. The lowest BCUT2D eigenvalue weighted by Gasteiger charge is -2.16. The molecule has 0 atom stereocenters. The smallest absolute Gasteiger partial charge is 0.343 e. The fourth-order valence-corrected chi connectivity index (χ4v) is 6.20. The van der Waals surface area contributed by atoms with Gasteiger partial charge in [-0.25, -0.2) is 14.0 Å². The molecule has 0 aliphatic carbocycles. The zero-order valence-electron chi connectivity index (χ0n) is 24.5. The van der Waals surface area contributed by atoms with Crippen molar-refractivity contribution in [1.29, 1.82) is 0 Å². The second-order valence-electron chi connectivity index (χ2n) is 11.2.